The predicted octanol–water partition coefficient (Wildman–Crippen LogP) is 5.02. The lowest BCUT2D eigenvalue weighted by Crippen LogP contribution is -2.38. The second-order valence-electron chi connectivity index (χ2n) is 7.07. The summed E-state index contributed by atoms with van der Waals surface area (Å²) in [6.45, 7) is 9.03. The summed E-state index contributed by atoms with van der Waals surface area (Å²) in [5, 5.41) is 3.01. The SMILES string of the molecule is CC[C@@H](Oc1ccccc1C)C(=O)NCCCc1ccc(C(C)C)cc1. The second-order valence-corrected chi connectivity index (χ2v) is 7.07. The summed E-state index contributed by atoms with van der Waals surface area (Å²) in [5.41, 5.74) is 3.72. The number of carbonyl (C=O) groups is 1. The van der Waals surface area contributed by atoms with Gasteiger partial charge in [-0.05, 0) is 54.9 Å². The number of ether oxygens (including phenoxy) is 1. The van der Waals surface area contributed by atoms with Gasteiger partial charge in [0.1, 0.15) is 5.75 Å². The summed E-state index contributed by atoms with van der Waals surface area (Å²) in [5.74, 6) is 1.30. The molecule has 0 radical (unpaired) electrons. The number of rotatable bonds is 9. The Morgan fingerprint density at radius 1 is 1.08 bits per heavy atom. The first kappa shape index (κ1) is 20.0. The molecule has 2 aromatic carbocycles. The predicted molar refractivity (Wildman–Crippen MR) is 108 cm³/mol. The first-order valence-corrected chi connectivity index (χ1v) is 9.60. The van der Waals surface area contributed by atoms with Gasteiger partial charge in [0.2, 0.25) is 0 Å². The molecule has 0 aliphatic heterocycles. The van der Waals surface area contributed by atoms with Crippen molar-refractivity contribution in [2.45, 2.75) is 59.0 Å². The summed E-state index contributed by atoms with van der Waals surface area (Å²) in [4.78, 5) is 12.4. The highest BCUT2D eigenvalue weighted by Crippen LogP contribution is 2.19. The van der Waals surface area contributed by atoms with Crippen molar-refractivity contribution >= 4 is 5.91 Å². The molecule has 0 saturated heterocycles. The van der Waals surface area contributed by atoms with E-state index in [4.69, 9.17) is 4.74 Å². The number of para-hydroxylation sites is 1. The highest BCUT2D eigenvalue weighted by molar-refractivity contribution is 5.81. The topological polar surface area (TPSA) is 38.3 Å². The van der Waals surface area contributed by atoms with Crippen molar-refractivity contribution in [1.29, 1.82) is 0 Å². The fourth-order valence-electron chi connectivity index (χ4n) is 2.85. The van der Waals surface area contributed by atoms with E-state index in [1.807, 2.05) is 38.1 Å². The average molecular weight is 354 g/mol. The number of hydrogen-bond donors (Lipinski definition) is 1. The monoisotopic (exact) mass is 353 g/mol. The Bertz CT molecular complexity index is 692. The van der Waals surface area contributed by atoms with Gasteiger partial charge in [0.15, 0.2) is 6.10 Å². The van der Waals surface area contributed by atoms with Crippen LogP contribution in [-0.2, 0) is 11.2 Å². The second kappa shape index (κ2) is 10.0. The summed E-state index contributed by atoms with van der Waals surface area (Å²) >= 11 is 0. The third-order valence-corrected chi connectivity index (χ3v) is 4.61. The molecule has 0 aliphatic carbocycles. The van der Waals surface area contributed by atoms with Crippen LogP contribution in [0.5, 0.6) is 5.75 Å². The van der Waals surface area contributed by atoms with Crippen LogP contribution in [-0.4, -0.2) is 18.6 Å². The molecule has 0 aromatic heterocycles. The minimum Gasteiger partial charge on any atom is -0.480 e. The molecule has 2 aromatic rings. The van der Waals surface area contributed by atoms with Gasteiger partial charge in [-0.2, -0.15) is 0 Å². The van der Waals surface area contributed by atoms with Crippen LogP contribution in [0.15, 0.2) is 48.5 Å². The zero-order chi connectivity index (χ0) is 18.9. The molecule has 1 N–H and O–H groups in total. The molecule has 1 atom stereocenters. The third-order valence-electron chi connectivity index (χ3n) is 4.61. The van der Waals surface area contributed by atoms with Crippen LogP contribution in [0, 0.1) is 6.92 Å². The van der Waals surface area contributed by atoms with Crippen LogP contribution in [0.1, 0.15) is 56.2 Å². The molecule has 2 rings (SSSR count). The van der Waals surface area contributed by atoms with Crippen molar-refractivity contribution in [2.24, 2.45) is 0 Å². The summed E-state index contributed by atoms with van der Waals surface area (Å²) in [6.07, 6.45) is 2.10. The van der Waals surface area contributed by atoms with Crippen molar-refractivity contribution in [3.63, 3.8) is 0 Å². The van der Waals surface area contributed by atoms with Gasteiger partial charge in [-0.25, -0.2) is 0 Å². The minimum absolute atomic E-state index is 0.0362. The molecular formula is C23H31NO2. The van der Waals surface area contributed by atoms with Gasteiger partial charge in [0.25, 0.3) is 5.91 Å². The molecule has 0 aliphatic rings. The third kappa shape index (κ3) is 5.91. The van der Waals surface area contributed by atoms with Gasteiger partial charge >= 0.3 is 0 Å². The van der Waals surface area contributed by atoms with E-state index in [1.165, 1.54) is 11.1 Å². The molecule has 3 heteroatoms. The molecule has 0 fully saturated rings. The van der Waals surface area contributed by atoms with Crippen LogP contribution in [0.2, 0.25) is 0 Å². The molecule has 1 amide bonds. The maximum absolute atomic E-state index is 12.4. The fraction of sp³-hybridized carbons (Fsp3) is 0.435. The molecule has 0 saturated carbocycles. The molecule has 0 spiro atoms. The molecule has 0 unspecified atom stereocenters. The van der Waals surface area contributed by atoms with Gasteiger partial charge in [0, 0.05) is 6.54 Å². The van der Waals surface area contributed by atoms with E-state index in [1.54, 1.807) is 0 Å². The van der Waals surface area contributed by atoms with Gasteiger partial charge in [-0.15, -0.1) is 0 Å². The number of hydrogen-bond acceptors (Lipinski definition) is 2. The minimum atomic E-state index is -0.443. The Kier molecular flexibility index (Phi) is 7.71. The highest BCUT2D eigenvalue weighted by atomic mass is 16.5. The zero-order valence-corrected chi connectivity index (χ0v) is 16.4. The largest absolute Gasteiger partial charge is 0.480 e. The molecule has 3 nitrogen and oxygen atoms in total. The van der Waals surface area contributed by atoms with Crippen molar-refractivity contribution in [3.8, 4) is 5.75 Å². The van der Waals surface area contributed by atoms with E-state index in [0.717, 1.165) is 24.2 Å². The maximum Gasteiger partial charge on any atom is 0.261 e. The standard InChI is InChI=1S/C23H31NO2/c1-5-21(26-22-11-7-6-9-18(22)4)23(25)24-16-8-10-19-12-14-20(15-13-19)17(2)3/h6-7,9,11-15,17,21H,5,8,10,16H2,1-4H3,(H,24,25)/t21-/m1/s1. The lowest BCUT2D eigenvalue weighted by molar-refractivity contribution is -0.128. The number of benzene rings is 2. The van der Waals surface area contributed by atoms with E-state index in [2.05, 4.69) is 43.4 Å². The number of aryl methyl sites for hydroxylation is 2. The maximum atomic E-state index is 12.4. The Labute approximate surface area is 157 Å². The Hall–Kier alpha value is -2.29. The molecule has 0 bridgehead atoms. The molecule has 26 heavy (non-hydrogen) atoms. The van der Waals surface area contributed by atoms with E-state index in [0.29, 0.717) is 18.9 Å². The smallest absolute Gasteiger partial charge is 0.261 e. The van der Waals surface area contributed by atoms with Crippen molar-refractivity contribution < 1.29 is 9.53 Å². The Balaban J connectivity index is 1.77. The van der Waals surface area contributed by atoms with Crippen molar-refractivity contribution in [2.75, 3.05) is 6.54 Å². The van der Waals surface area contributed by atoms with Crippen LogP contribution < -0.4 is 10.1 Å². The quantitative estimate of drug-likeness (QED) is 0.643. The fourth-order valence-corrected chi connectivity index (χ4v) is 2.85. The lowest BCUT2D eigenvalue weighted by atomic mass is 10.0. The number of nitrogens with one attached hydrogen (secondary N) is 1. The van der Waals surface area contributed by atoms with Gasteiger partial charge < -0.3 is 10.1 Å². The molecule has 0 heterocycles. The van der Waals surface area contributed by atoms with Crippen molar-refractivity contribution in [1.82, 2.24) is 5.32 Å². The van der Waals surface area contributed by atoms with E-state index < -0.39 is 6.10 Å². The van der Waals surface area contributed by atoms with Crippen LogP contribution >= 0.6 is 0 Å². The normalized spacial score (nSPS) is 12.0. The average Bonchev–Trinajstić information content (AvgIpc) is 2.64. The zero-order valence-electron chi connectivity index (χ0n) is 16.4. The highest BCUT2D eigenvalue weighted by Gasteiger charge is 2.18. The van der Waals surface area contributed by atoms with Crippen molar-refractivity contribution in [3.05, 3.63) is 65.2 Å². The Morgan fingerprint density at radius 3 is 2.38 bits per heavy atom. The summed E-state index contributed by atoms with van der Waals surface area (Å²) in [6, 6.07) is 16.6. The summed E-state index contributed by atoms with van der Waals surface area (Å²) < 4.78 is 5.90. The summed E-state index contributed by atoms with van der Waals surface area (Å²) in [7, 11) is 0. The molecular weight excluding hydrogens is 322 g/mol. The van der Waals surface area contributed by atoms with Crippen LogP contribution in [0.4, 0.5) is 0 Å². The first-order valence-electron chi connectivity index (χ1n) is 9.60. The van der Waals surface area contributed by atoms with Gasteiger partial charge in [0.05, 0.1) is 0 Å². The Morgan fingerprint density at radius 2 is 1.77 bits per heavy atom. The lowest BCUT2D eigenvalue weighted by Gasteiger charge is -2.18. The van der Waals surface area contributed by atoms with E-state index in [-0.39, 0.29) is 5.91 Å². The van der Waals surface area contributed by atoms with E-state index >= 15 is 0 Å². The van der Waals surface area contributed by atoms with Gasteiger partial charge in [-0.1, -0.05) is 63.2 Å². The number of amides is 1. The first-order chi connectivity index (χ1) is 12.5. The molecule has 140 valence electrons. The number of carbonyl (C=O) groups excluding carboxylic acids is 1. The van der Waals surface area contributed by atoms with Crippen LogP contribution in [0.3, 0.4) is 0 Å². The van der Waals surface area contributed by atoms with Crippen LogP contribution in [0.25, 0.3) is 0 Å². The van der Waals surface area contributed by atoms with Gasteiger partial charge in [-0.3, -0.25) is 4.79 Å². The van der Waals surface area contributed by atoms with E-state index in [9.17, 15) is 4.79 Å².